The number of aromatic nitrogens is 2. The number of para-hydroxylation sites is 1. The molecule has 1 aromatic heterocycles. The number of H-pyrrole nitrogens is 1. The lowest BCUT2D eigenvalue weighted by molar-refractivity contribution is -0.148. The molecule has 0 unspecified atom stereocenters. The third-order valence-corrected chi connectivity index (χ3v) is 4.14. The van der Waals surface area contributed by atoms with E-state index in [0.29, 0.717) is 23.3 Å². The summed E-state index contributed by atoms with van der Waals surface area (Å²) in [5.74, 6) is -0.465. The zero-order valence-electron chi connectivity index (χ0n) is 14.3. The predicted molar refractivity (Wildman–Crippen MR) is 93.6 cm³/mol. The number of carbonyl (C=O) groups excluding carboxylic acids is 2. The van der Waals surface area contributed by atoms with E-state index in [1.165, 1.54) is 0 Å². The number of nitrogens with zero attached hydrogens (tertiary/aromatic N) is 1. The number of hydrogen-bond donors (Lipinski definition) is 2. The summed E-state index contributed by atoms with van der Waals surface area (Å²) in [4.78, 5) is 42.4. The molecule has 2 N–H and O–H groups in total. The summed E-state index contributed by atoms with van der Waals surface area (Å²) in [5, 5.41) is 3.18. The van der Waals surface area contributed by atoms with E-state index in [0.717, 1.165) is 19.4 Å². The first kappa shape index (κ1) is 18.1. The third kappa shape index (κ3) is 4.89. The minimum atomic E-state index is -0.520. The van der Waals surface area contributed by atoms with Gasteiger partial charge in [-0.05, 0) is 25.0 Å². The molecule has 1 amide bonds. The average molecular weight is 359 g/mol. The molecular weight excluding hydrogens is 338 g/mol. The first-order valence-electron chi connectivity index (χ1n) is 8.63. The zero-order chi connectivity index (χ0) is 18.4. The van der Waals surface area contributed by atoms with Crippen LogP contribution in [0.3, 0.4) is 0 Å². The van der Waals surface area contributed by atoms with Crippen LogP contribution in [0.15, 0.2) is 29.1 Å². The van der Waals surface area contributed by atoms with Crippen molar-refractivity contribution >= 4 is 22.8 Å². The number of ether oxygens (including phenoxy) is 2. The first-order valence-corrected chi connectivity index (χ1v) is 8.63. The van der Waals surface area contributed by atoms with Gasteiger partial charge in [0, 0.05) is 19.6 Å². The predicted octanol–water partition coefficient (Wildman–Crippen LogP) is 0.694. The van der Waals surface area contributed by atoms with E-state index >= 15 is 0 Å². The number of esters is 1. The molecule has 3 rings (SSSR count). The molecule has 1 aromatic carbocycles. The standard InChI is InChI=1S/C18H21N3O5/c22-16(19-10-12-4-3-9-25-12)11-26-17(23)8-7-15-20-14-6-2-1-5-13(14)18(24)21-15/h1-2,5-6,12H,3-4,7-11H2,(H,19,22)(H,20,21,24)/t12-/m0/s1. The lowest BCUT2D eigenvalue weighted by Crippen LogP contribution is -2.34. The Hall–Kier alpha value is -2.74. The summed E-state index contributed by atoms with van der Waals surface area (Å²) in [7, 11) is 0. The molecule has 0 spiro atoms. The Morgan fingerprint density at radius 3 is 3.00 bits per heavy atom. The van der Waals surface area contributed by atoms with Crippen LogP contribution in [0.2, 0.25) is 0 Å². The number of fused-ring (bicyclic) bond motifs is 1. The van der Waals surface area contributed by atoms with E-state index in [-0.39, 0.29) is 37.0 Å². The maximum atomic E-state index is 12.0. The molecule has 138 valence electrons. The maximum absolute atomic E-state index is 12.0. The van der Waals surface area contributed by atoms with Crippen LogP contribution in [-0.4, -0.2) is 47.7 Å². The Bertz CT molecular complexity index is 842. The van der Waals surface area contributed by atoms with Crippen LogP contribution < -0.4 is 10.9 Å². The minimum absolute atomic E-state index is 0.0281. The molecule has 1 fully saturated rings. The molecule has 26 heavy (non-hydrogen) atoms. The summed E-state index contributed by atoms with van der Waals surface area (Å²) in [6, 6.07) is 6.99. The van der Waals surface area contributed by atoms with E-state index in [1.807, 2.05) is 0 Å². The Kier molecular flexibility index (Phi) is 5.96. The van der Waals surface area contributed by atoms with Crippen molar-refractivity contribution < 1.29 is 19.1 Å². The van der Waals surface area contributed by atoms with E-state index in [9.17, 15) is 14.4 Å². The van der Waals surface area contributed by atoms with Crippen LogP contribution in [0.1, 0.15) is 25.1 Å². The molecule has 1 aliphatic rings. The fourth-order valence-corrected chi connectivity index (χ4v) is 2.78. The number of rotatable bonds is 7. The van der Waals surface area contributed by atoms with Crippen LogP contribution in [-0.2, 0) is 25.5 Å². The molecule has 0 saturated carbocycles. The van der Waals surface area contributed by atoms with Gasteiger partial charge >= 0.3 is 5.97 Å². The van der Waals surface area contributed by atoms with Gasteiger partial charge in [0.1, 0.15) is 5.82 Å². The van der Waals surface area contributed by atoms with Gasteiger partial charge in [-0.3, -0.25) is 14.4 Å². The van der Waals surface area contributed by atoms with Gasteiger partial charge in [0.25, 0.3) is 11.5 Å². The Labute approximate surface area is 149 Å². The zero-order valence-corrected chi connectivity index (χ0v) is 14.3. The number of aryl methyl sites for hydroxylation is 1. The van der Waals surface area contributed by atoms with Crippen LogP contribution in [0, 0.1) is 0 Å². The van der Waals surface area contributed by atoms with Crippen molar-refractivity contribution in [2.75, 3.05) is 19.8 Å². The molecule has 2 heterocycles. The summed E-state index contributed by atoms with van der Waals surface area (Å²) in [5.41, 5.74) is 0.334. The van der Waals surface area contributed by atoms with Crippen molar-refractivity contribution in [3.63, 3.8) is 0 Å². The monoisotopic (exact) mass is 359 g/mol. The van der Waals surface area contributed by atoms with E-state index in [4.69, 9.17) is 9.47 Å². The largest absolute Gasteiger partial charge is 0.456 e. The minimum Gasteiger partial charge on any atom is -0.456 e. The number of benzene rings is 1. The van der Waals surface area contributed by atoms with Gasteiger partial charge < -0.3 is 19.8 Å². The summed E-state index contributed by atoms with van der Waals surface area (Å²) < 4.78 is 10.3. The van der Waals surface area contributed by atoms with Crippen LogP contribution >= 0.6 is 0 Å². The Morgan fingerprint density at radius 2 is 2.19 bits per heavy atom. The van der Waals surface area contributed by atoms with Crippen LogP contribution in [0.25, 0.3) is 10.9 Å². The van der Waals surface area contributed by atoms with Crippen molar-refractivity contribution in [3.05, 3.63) is 40.4 Å². The SMILES string of the molecule is O=C(COC(=O)CCc1nc2ccccc2c(=O)[nH]1)NC[C@@H]1CCCO1. The molecule has 8 heteroatoms. The molecule has 2 aromatic rings. The molecule has 8 nitrogen and oxygen atoms in total. The fourth-order valence-electron chi connectivity index (χ4n) is 2.78. The van der Waals surface area contributed by atoms with E-state index < -0.39 is 5.97 Å². The van der Waals surface area contributed by atoms with Gasteiger partial charge in [-0.15, -0.1) is 0 Å². The van der Waals surface area contributed by atoms with Crippen LogP contribution in [0.4, 0.5) is 0 Å². The number of aromatic amines is 1. The van der Waals surface area contributed by atoms with Gasteiger partial charge in [0.2, 0.25) is 0 Å². The van der Waals surface area contributed by atoms with Crippen molar-refractivity contribution in [3.8, 4) is 0 Å². The Morgan fingerprint density at radius 1 is 1.35 bits per heavy atom. The average Bonchev–Trinajstić information content (AvgIpc) is 3.16. The summed E-state index contributed by atoms with van der Waals surface area (Å²) >= 11 is 0. The van der Waals surface area contributed by atoms with Crippen LogP contribution in [0.5, 0.6) is 0 Å². The van der Waals surface area contributed by atoms with Crippen molar-refractivity contribution in [2.45, 2.75) is 31.8 Å². The van der Waals surface area contributed by atoms with Gasteiger partial charge in [0.15, 0.2) is 6.61 Å². The quantitative estimate of drug-likeness (QED) is 0.704. The summed E-state index contributed by atoms with van der Waals surface area (Å²) in [6.07, 6.45) is 2.24. The van der Waals surface area contributed by atoms with E-state index in [1.54, 1.807) is 24.3 Å². The topological polar surface area (TPSA) is 110 Å². The van der Waals surface area contributed by atoms with Gasteiger partial charge in [0.05, 0.1) is 23.4 Å². The Balaban J connectivity index is 1.42. The van der Waals surface area contributed by atoms with E-state index in [2.05, 4.69) is 15.3 Å². The molecular formula is C18H21N3O5. The highest BCUT2D eigenvalue weighted by Crippen LogP contribution is 2.10. The molecule has 1 atom stereocenters. The number of nitrogens with one attached hydrogen (secondary N) is 2. The first-order chi connectivity index (χ1) is 12.6. The number of hydrogen-bond acceptors (Lipinski definition) is 6. The second-order valence-corrected chi connectivity index (χ2v) is 6.13. The van der Waals surface area contributed by atoms with Gasteiger partial charge in [-0.25, -0.2) is 4.98 Å². The number of amides is 1. The number of carbonyl (C=O) groups is 2. The highest BCUT2D eigenvalue weighted by atomic mass is 16.5. The lowest BCUT2D eigenvalue weighted by Gasteiger charge is -2.11. The second kappa shape index (κ2) is 8.57. The molecule has 1 saturated heterocycles. The van der Waals surface area contributed by atoms with Crippen molar-refractivity contribution in [2.24, 2.45) is 0 Å². The normalized spacial score (nSPS) is 16.5. The third-order valence-electron chi connectivity index (χ3n) is 4.14. The second-order valence-electron chi connectivity index (χ2n) is 6.13. The fraction of sp³-hybridized carbons (Fsp3) is 0.444. The lowest BCUT2D eigenvalue weighted by atomic mass is 10.2. The van der Waals surface area contributed by atoms with Crippen molar-refractivity contribution in [1.82, 2.24) is 15.3 Å². The molecule has 0 bridgehead atoms. The highest BCUT2D eigenvalue weighted by molar-refractivity contribution is 5.80. The van der Waals surface area contributed by atoms with Crippen molar-refractivity contribution in [1.29, 1.82) is 0 Å². The molecule has 1 aliphatic heterocycles. The van der Waals surface area contributed by atoms with Gasteiger partial charge in [-0.1, -0.05) is 12.1 Å². The van der Waals surface area contributed by atoms with Gasteiger partial charge in [-0.2, -0.15) is 0 Å². The smallest absolute Gasteiger partial charge is 0.306 e. The summed E-state index contributed by atoms with van der Waals surface area (Å²) in [6.45, 7) is 0.826. The molecule has 0 aliphatic carbocycles. The maximum Gasteiger partial charge on any atom is 0.306 e. The molecule has 0 radical (unpaired) electrons. The highest BCUT2D eigenvalue weighted by Gasteiger charge is 2.16.